The van der Waals surface area contributed by atoms with Gasteiger partial charge in [0.2, 0.25) is 0 Å². The van der Waals surface area contributed by atoms with Crippen LogP contribution < -0.4 is 0 Å². The highest BCUT2D eigenvalue weighted by molar-refractivity contribution is 6.42. The van der Waals surface area contributed by atoms with Gasteiger partial charge in [-0.05, 0) is 35.8 Å². The van der Waals surface area contributed by atoms with E-state index in [0.29, 0.717) is 16.6 Å². The van der Waals surface area contributed by atoms with Crippen LogP contribution in [0.1, 0.15) is 35.1 Å². The highest BCUT2D eigenvalue weighted by Gasteiger charge is 2.32. The van der Waals surface area contributed by atoms with Crippen molar-refractivity contribution >= 4 is 29.1 Å². The third-order valence-electron chi connectivity index (χ3n) is 3.38. The molecule has 1 aromatic carbocycles. The molecular weight excluding hydrogens is 301 g/mol. The number of H-pyrrole nitrogens is 1. The third-order valence-corrected chi connectivity index (χ3v) is 4.12. The maximum absolute atomic E-state index is 12.3. The van der Waals surface area contributed by atoms with Crippen LogP contribution in [0.2, 0.25) is 10.0 Å². The molecule has 104 valence electrons. The minimum Gasteiger partial charge on any atom is -0.329 e. The van der Waals surface area contributed by atoms with E-state index in [1.807, 2.05) is 6.07 Å². The lowest BCUT2D eigenvalue weighted by atomic mass is 10.0. The van der Waals surface area contributed by atoms with E-state index in [0.717, 1.165) is 18.4 Å². The van der Waals surface area contributed by atoms with Gasteiger partial charge in [0.25, 0.3) is 11.7 Å². The smallest absolute Gasteiger partial charge is 0.295 e. The monoisotopic (exact) mass is 311 g/mol. The Balaban J connectivity index is 1.88. The van der Waals surface area contributed by atoms with E-state index in [9.17, 15) is 4.79 Å². The van der Waals surface area contributed by atoms with Gasteiger partial charge in [0.1, 0.15) is 0 Å². The Kier molecular flexibility index (Phi) is 3.58. The first-order chi connectivity index (χ1) is 9.66. The van der Waals surface area contributed by atoms with Crippen molar-refractivity contribution in [3.8, 4) is 0 Å². The summed E-state index contributed by atoms with van der Waals surface area (Å²) in [5, 5.41) is 14.2. The number of nitrogens with one attached hydrogen (secondary N) is 1. The summed E-state index contributed by atoms with van der Waals surface area (Å²) in [7, 11) is 0. The summed E-state index contributed by atoms with van der Waals surface area (Å²) in [5.41, 5.74) is 0.966. The van der Waals surface area contributed by atoms with Crippen LogP contribution in [-0.4, -0.2) is 38.0 Å². The molecule has 1 aliphatic rings. The second-order valence-corrected chi connectivity index (χ2v) is 5.38. The minimum absolute atomic E-state index is 0.0317. The summed E-state index contributed by atoms with van der Waals surface area (Å²) in [4.78, 5) is 14.1. The van der Waals surface area contributed by atoms with Crippen molar-refractivity contribution in [2.24, 2.45) is 0 Å². The summed E-state index contributed by atoms with van der Waals surface area (Å²) in [6.45, 7) is 0.665. The highest BCUT2D eigenvalue weighted by atomic mass is 35.5. The molecule has 2 heterocycles. The lowest BCUT2D eigenvalue weighted by Crippen LogP contribution is -2.31. The van der Waals surface area contributed by atoms with Gasteiger partial charge in [0.15, 0.2) is 0 Å². The average Bonchev–Trinajstić information content (AvgIpc) is 3.11. The van der Waals surface area contributed by atoms with Crippen molar-refractivity contribution in [3.63, 3.8) is 0 Å². The zero-order valence-corrected chi connectivity index (χ0v) is 11.9. The van der Waals surface area contributed by atoms with Crippen molar-refractivity contribution in [2.45, 2.75) is 18.9 Å². The van der Waals surface area contributed by atoms with Gasteiger partial charge >= 0.3 is 0 Å². The van der Waals surface area contributed by atoms with Crippen LogP contribution in [0.15, 0.2) is 18.2 Å². The number of aromatic nitrogens is 4. The quantitative estimate of drug-likeness (QED) is 0.924. The molecule has 1 aliphatic heterocycles. The fourth-order valence-electron chi connectivity index (χ4n) is 2.46. The van der Waals surface area contributed by atoms with Crippen molar-refractivity contribution in [1.29, 1.82) is 0 Å². The average molecular weight is 312 g/mol. The second kappa shape index (κ2) is 5.38. The SMILES string of the molecule is O=C(c1nn[nH]n1)N1CCCC1c1ccc(Cl)c(Cl)c1. The number of hydrogen-bond acceptors (Lipinski definition) is 4. The molecule has 1 N–H and O–H groups in total. The fourth-order valence-corrected chi connectivity index (χ4v) is 2.76. The molecule has 0 saturated carbocycles. The number of halogens is 2. The van der Waals surface area contributed by atoms with Gasteiger partial charge in [0, 0.05) is 6.54 Å². The predicted octanol–water partition coefficient (Wildman–Crippen LogP) is 2.48. The van der Waals surface area contributed by atoms with Crippen molar-refractivity contribution < 1.29 is 4.79 Å². The lowest BCUT2D eigenvalue weighted by molar-refractivity contribution is 0.0723. The first-order valence-electron chi connectivity index (χ1n) is 6.16. The number of carbonyl (C=O) groups is 1. The molecule has 0 bridgehead atoms. The topological polar surface area (TPSA) is 74.8 Å². The normalized spacial score (nSPS) is 18.5. The fraction of sp³-hybridized carbons (Fsp3) is 0.333. The molecule has 8 heteroatoms. The van der Waals surface area contributed by atoms with E-state index in [1.54, 1.807) is 17.0 Å². The molecule has 3 rings (SSSR count). The Morgan fingerprint density at radius 2 is 2.20 bits per heavy atom. The maximum Gasteiger partial charge on any atom is 0.295 e. The number of nitrogens with zero attached hydrogens (tertiary/aromatic N) is 4. The van der Waals surface area contributed by atoms with E-state index in [4.69, 9.17) is 23.2 Å². The van der Waals surface area contributed by atoms with Crippen LogP contribution in [0.25, 0.3) is 0 Å². The van der Waals surface area contributed by atoms with Crippen LogP contribution in [0.5, 0.6) is 0 Å². The van der Waals surface area contributed by atoms with E-state index in [-0.39, 0.29) is 17.8 Å². The Hall–Kier alpha value is -1.66. The molecule has 1 amide bonds. The summed E-state index contributed by atoms with van der Waals surface area (Å²) in [6.07, 6.45) is 1.80. The molecule has 6 nitrogen and oxygen atoms in total. The number of carbonyl (C=O) groups excluding carboxylic acids is 1. The number of tetrazole rings is 1. The van der Waals surface area contributed by atoms with E-state index in [1.165, 1.54) is 0 Å². The summed E-state index contributed by atoms with van der Waals surface area (Å²) in [5.74, 6) is -0.149. The van der Waals surface area contributed by atoms with Crippen molar-refractivity contribution in [2.75, 3.05) is 6.54 Å². The lowest BCUT2D eigenvalue weighted by Gasteiger charge is -2.24. The number of hydrogen-bond donors (Lipinski definition) is 1. The molecule has 1 fully saturated rings. The minimum atomic E-state index is -0.229. The summed E-state index contributed by atoms with van der Waals surface area (Å²) < 4.78 is 0. The largest absolute Gasteiger partial charge is 0.329 e. The summed E-state index contributed by atoms with van der Waals surface area (Å²) >= 11 is 12.0. The molecular formula is C12H11Cl2N5O. The van der Waals surface area contributed by atoms with Gasteiger partial charge in [-0.15, -0.1) is 10.2 Å². The standard InChI is InChI=1S/C12H11Cl2N5O/c13-8-4-3-7(6-9(8)14)10-2-1-5-19(10)12(20)11-15-17-18-16-11/h3-4,6,10H,1-2,5H2,(H,15,16,17,18). The van der Waals surface area contributed by atoms with Crippen molar-refractivity contribution in [1.82, 2.24) is 25.5 Å². The molecule has 0 aliphatic carbocycles. The Morgan fingerprint density at radius 1 is 1.35 bits per heavy atom. The molecule has 1 unspecified atom stereocenters. The number of amides is 1. The highest BCUT2D eigenvalue weighted by Crippen LogP contribution is 2.35. The van der Waals surface area contributed by atoms with Gasteiger partial charge in [-0.3, -0.25) is 4.79 Å². The first-order valence-corrected chi connectivity index (χ1v) is 6.92. The first kappa shape index (κ1) is 13.3. The number of benzene rings is 1. The Bertz CT molecular complexity index is 631. The molecule has 1 saturated heterocycles. The van der Waals surface area contributed by atoms with Crippen LogP contribution >= 0.6 is 23.2 Å². The van der Waals surface area contributed by atoms with Crippen LogP contribution in [0, 0.1) is 0 Å². The van der Waals surface area contributed by atoms with Crippen LogP contribution in [-0.2, 0) is 0 Å². The van der Waals surface area contributed by atoms with Gasteiger partial charge in [-0.25, -0.2) is 0 Å². The molecule has 1 aromatic heterocycles. The predicted molar refractivity (Wildman–Crippen MR) is 73.7 cm³/mol. The second-order valence-electron chi connectivity index (χ2n) is 4.57. The molecule has 1 atom stereocenters. The zero-order chi connectivity index (χ0) is 14.1. The number of aromatic amines is 1. The van der Waals surface area contributed by atoms with Crippen LogP contribution in [0.4, 0.5) is 0 Å². The number of rotatable bonds is 2. The summed E-state index contributed by atoms with van der Waals surface area (Å²) in [6, 6.07) is 5.40. The Morgan fingerprint density at radius 3 is 2.90 bits per heavy atom. The molecule has 0 radical (unpaired) electrons. The molecule has 2 aromatic rings. The van der Waals surface area contributed by atoms with Gasteiger partial charge in [0.05, 0.1) is 16.1 Å². The van der Waals surface area contributed by atoms with Crippen molar-refractivity contribution in [3.05, 3.63) is 39.6 Å². The van der Waals surface area contributed by atoms with Crippen LogP contribution in [0.3, 0.4) is 0 Å². The van der Waals surface area contributed by atoms with Gasteiger partial charge in [-0.2, -0.15) is 5.21 Å². The maximum atomic E-state index is 12.3. The number of likely N-dealkylation sites (tertiary alicyclic amines) is 1. The van der Waals surface area contributed by atoms with E-state index in [2.05, 4.69) is 20.6 Å². The third kappa shape index (κ3) is 2.36. The van der Waals surface area contributed by atoms with E-state index >= 15 is 0 Å². The van der Waals surface area contributed by atoms with E-state index < -0.39 is 0 Å². The Labute approximate surface area is 125 Å². The van der Waals surface area contributed by atoms with Gasteiger partial charge in [-0.1, -0.05) is 29.3 Å². The van der Waals surface area contributed by atoms with Gasteiger partial charge < -0.3 is 4.90 Å². The zero-order valence-electron chi connectivity index (χ0n) is 10.4. The molecule has 0 spiro atoms. The molecule has 20 heavy (non-hydrogen) atoms.